The molecule has 0 unspecified atom stereocenters. The van der Waals surface area contributed by atoms with E-state index in [1.54, 1.807) is 17.8 Å². The molecule has 3 rings (SSSR count). The predicted molar refractivity (Wildman–Crippen MR) is 88.7 cm³/mol. The minimum absolute atomic E-state index is 0.305. The molecule has 1 aromatic carbocycles. The second-order valence-corrected chi connectivity index (χ2v) is 5.71. The largest absolute Gasteiger partial charge is 0.304 e. The number of nitrogens with one attached hydrogen (secondary N) is 1. The first-order chi connectivity index (χ1) is 11.0. The summed E-state index contributed by atoms with van der Waals surface area (Å²) in [5.74, 6) is 0.135. The Hall–Kier alpha value is -2.60. The second-order valence-electron chi connectivity index (χ2n) is 5.31. The Morgan fingerprint density at radius 1 is 1.35 bits per heavy atom. The Morgan fingerprint density at radius 3 is 2.87 bits per heavy atom. The monoisotopic (exact) mass is 329 g/mol. The van der Waals surface area contributed by atoms with Crippen molar-refractivity contribution in [2.24, 2.45) is 7.05 Å². The van der Waals surface area contributed by atoms with Crippen LogP contribution in [0, 0.1) is 6.92 Å². The molecule has 0 spiro atoms. The van der Waals surface area contributed by atoms with E-state index in [0.717, 1.165) is 5.56 Å². The van der Waals surface area contributed by atoms with E-state index in [4.69, 9.17) is 11.6 Å². The normalized spacial score (nSPS) is 10.7. The predicted octanol–water partition coefficient (Wildman–Crippen LogP) is 2.88. The van der Waals surface area contributed by atoms with Gasteiger partial charge < -0.3 is 5.32 Å². The van der Waals surface area contributed by atoms with Crippen molar-refractivity contribution in [2.75, 3.05) is 5.32 Å². The molecule has 3 aromatic rings. The van der Waals surface area contributed by atoms with Crippen LogP contribution in [0.25, 0.3) is 0 Å². The lowest BCUT2D eigenvalue weighted by Crippen LogP contribution is -2.17. The quantitative estimate of drug-likeness (QED) is 0.800. The molecule has 2 aromatic heterocycles. The van der Waals surface area contributed by atoms with Gasteiger partial charge in [0.05, 0.1) is 17.8 Å². The van der Waals surface area contributed by atoms with Gasteiger partial charge in [-0.2, -0.15) is 10.2 Å². The van der Waals surface area contributed by atoms with Gasteiger partial charge >= 0.3 is 0 Å². The summed E-state index contributed by atoms with van der Waals surface area (Å²) in [7, 11) is 1.66. The fourth-order valence-electron chi connectivity index (χ4n) is 2.36. The first-order valence-electron chi connectivity index (χ1n) is 7.11. The molecule has 1 amide bonds. The number of amides is 1. The number of aromatic nitrogens is 4. The maximum Gasteiger partial charge on any atom is 0.276 e. The van der Waals surface area contributed by atoms with Crippen molar-refractivity contribution in [2.45, 2.75) is 13.5 Å². The van der Waals surface area contributed by atoms with Crippen LogP contribution in [0.15, 0.2) is 42.7 Å². The van der Waals surface area contributed by atoms with E-state index in [1.165, 1.54) is 16.4 Å². The molecular formula is C16H16ClN5O. The molecule has 2 heterocycles. The van der Waals surface area contributed by atoms with E-state index in [2.05, 4.69) is 34.6 Å². The lowest BCUT2D eigenvalue weighted by atomic mass is 10.1. The van der Waals surface area contributed by atoms with Gasteiger partial charge in [0.1, 0.15) is 5.69 Å². The van der Waals surface area contributed by atoms with Crippen molar-refractivity contribution in [1.29, 1.82) is 0 Å². The molecule has 23 heavy (non-hydrogen) atoms. The van der Waals surface area contributed by atoms with E-state index in [1.807, 2.05) is 18.3 Å². The Balaban J connectivity index is 1.71. The van der Waals surface area contributed by atoms with Crippen LogP contribution >= 0.6 is 11.6 Å². The van der Waals surface area contributed by atoms with Crippen LogP contribution in [0.2, 0.25) is 5.02 Å². The van der Waals surface area contributed by atoms with Gasteiger partial charge in [0, 0.05) is 19.3 Å². The highest BCUT2D eigenvalue weighted by molar-refractivity contribution is 6.34. The van der Waals surface area contributed by atoms with Gasteiger partial charge in [-0.05, 0) is 12.5 Å². The lowest BCUT2D eigenvalue weighted by molar-refractivity contribution is 0.101. The topological polar surface area (TPSA) is 64.7 Å². The highest BCUT2D eigenvalue weighted by Crippen LogP contribution is 2.16. The molecule has 0 fully saturated rings. The zero-order valence-electron chi connectivity index (χ0n) is 12.8. The number of hydrogen-bond donors (Lipinski definition) is 1. The zero-order chi connectivity index (χ0) is 16.4. The van der Waals surface area contributed by atoms with Crippen molar-refractivity contribution in [3.05, 3.63) is 64.6 Å². The lowest BCUT2D eigenvalue weighted by Gasteiger charge is -2.04. The maximum atomic E-state index is 12.2. The number of carbonyl (C=O) groups is 1. The number of benzene rings is 1. The van der Waals surface area contributed by atoms with E-state index < -0.39 is 0 Å². The smallest absolute Gasteiger partial charge is 0.276 e. The van der Waals surface area contributed by atoms with Crippen LogP contribution in [-0.2, 0) is 13.6 Å². The summed E-state index contributed by atoms with van der Waals surface area (Å²) in [6, 6.07) is 9.97. The van der Waals surface area contributed by atoms with Crippen molar-refractivity contribution in [3.8, 4) is 0 Å². The standard InChI is InChI=1S/C16H16ClN5O/c1-11-4-3-5-12(8-11)10-22-7-6-14(20-22)19-16(23)15-13(17)9-18-21(15)2/h3-9H,10H2,1-2H3,(H,19,20,23). The minimum Gasteiger partial charge on any atom is -0.304 e. The Morgan fingerprint density at radius 2 is 2.17 bits per heavy atom. The fraction of sp³-hybridized carbons (Fsp3) is 0.188. The molecule has 0 aliphatic rings. The molecule has 118 valence electrons. The zero-order valence-corrected chi connectivity index (χ0v) is 13.6. The first kappa shape index (κ1) is 15.3. The summed E-state index contributed by atoms with van der Waals surface area (Å²) >= 11 is 5.96. The van der Waals surface area contributed by atoms with Crippen LogP contribution in [-0.4, -0.2) is 25.5 Å². The summed E-state index contributed by atoms with van der Waals surface area (Å²) < 4.78 is 3.21. The number of nitrogens with zero attached hydrogens (tertiary/aromatic N) is 4. The molecular weight excluding hydrogens is 314 g/mol. The molecule has 0 bridgehead atoms. The summed E-state index contributed by atoms with van der Waals surface area (Å²) in [5.41, 5.74) is 2.66. The molecule has 0 aliphatic carbocycles. The van der Waals surface area contributed by atoms with Crippen LogP contribution in [0.1, 0.15) is 21.6 Å². The average Bonchev–Trinajstić information content (AvgIpc) is 3.06. The van der Waals surface area contributed by atoms with Gasteiger partial charge in [-0.3, -0.25) is 14.2 Å². The Labute approximate surface area is 138 Å². The van der Waals surface area contributed by atoms with Gasteiger partial charge in [0.2, 0.25) is 0 Å². The third-order valence-electron chi connectivity index (χ3n) is 3.42. The van der Waals surface area contributed by atoms with Gasteiger partial charge in [-0.1, -0.05) is 41.4 Å². The molecule has 0 radical (unpaired) electrons. The molecule has 7 heteroatoms. The summed E-state index contributed by atoms with van der Waals surface area (Å²) in [4.78, 5) is 12.2. The molecule has 6 nitrogen and oxygen atoms in total. The third kappa shape index (κ3) is 3.43. The molecule has 0 atom stereocenters. The van der Waals surface area contributed by atoms with Crippen LogP contribution in [0.5, 0.6) is 0 Å². The SMILES string of the molecule is Cc1cccc(Cn2ccc(NC(=O)c3c(Cl)cnn3C)n2)c1. The van der Waals surface area contributed by atoms with Gasteiger partial charge in [0.15, 0.2) is 5.82 Å². The van der Waals surface area contributed by atoms with Crippen LogP contribution < -0.4 is 5.32 Å². The third-order valence-corrected chi connectivity index (χ3v) is 3.70. The van der Waals surface area contributed by atoms with Crippen molar-refractivity contribution in [1.82, 2.24) is 19.6 Å². The number of anilines is 1. The number of rotatable bonds is 4. The Kier molecular flexibility index (Phi) is 4.16. The van der Waals surface area contributed by atoms with Gasteiger partial charge in [-0.15, -0.1) is 0 Å². The number of hydrogen-bond acceptors (Lipinski definition) is 3. The highest BCUT2D eigenvalue weighted by Gasteiger charge is 2.16. The van der Waals surface area contributed by atoms with Crippen molar-refractivity contribution >= 4 is 23.3 Å². The highest BCUT2D eigenvalue weighted by atomic mass is 35.5. The van der Waals surface area contributed by atoms with E-state index in [-0.39, 0.29) is 5.91 Å². The summed E-state index contributed by atoms with van der Waals surface area (Å²) in [6.45, 7) is 2.69. The summed E-state index contributed by atoms with van der Waals surface area (Å²) in [5, 5.41) is 11.3. The van der Waals surface area contributed by atoms with E-state index in [0.29, 0.717) is 23.1 Å². The van der Waals surface area contributed by atoms with Crippen molar-refractivity contribution in [3.63, 3.8) is 0 Å². The Bertz CT molecular complexity index is 832. The van der Waals surface area contributed by atoms with Gasteiger partial charge in [-0.25, -0.2) is 0 Å². The fourth-order valence-corrected chi connectivity index (χ4v) is 2.61. The molecule has 0 aliphatic heterocycles. The first-order valence-corrected chi connectivity index (χ1v) is 7.48. The summed E-state index contributed by atoms with van der Waals surface area (Å²) in [6.07, 6.45) is 3.26. The minimum atomic E-state index is -0.337. The number of halogens is 1. The molecule has 1 N–H and O–H groups in total. The number of aryl methyl sites for hydroxylation is 2. The van der Waals surface area contributed by atoms with Gasteiger partial charge in [0.25, 0.3) is 5.91 Å². The van der Waals surface area contributed by atoms with E-state index >= 15 is 0 Å². The van der Waals surface area contributed by atoms with Crippen LogP contribution in [0.4, 0.5) is 5.82 Å². The number of carbonyl (C=O) groups excluding carboxylic acids is 1. The average molecular weight is 330 g/mol. The second kappa shape index (κ2) is 6.26. The maximum absolute atomic E-state index is 12.2. The van der Waals surface area contributed by atoms with E-state index in [9.17, 15) is 4.79 Å². The molecule has 0 saturated heterocycles. The van der Waals surface area contributed by atoms with Crippen LogP contribution in [0.3, 0.4) is 0 Å². The molecule has 0 saturated carbocycles. The van der Waals surface area contributed by atoms with Crippen molar-refractivity contribution < 1.29 is 4.79 Å².